The summed E-state index contributed by atoms with van der Waals surface area (Å²) in [4.78, 5) is 25.8. The van der Waals surface area contributed by atoms with Crippen LogP contribution in [0, 0.1) is 0 Å². The van der Waals surface area contributed by atoms with Gasteiger partial charge in [0.05, 0.1) is 6.04 Å². The predicted molar refractivity (Wildman–Crippen MR) is 90.9 cm³/mol. The number of likely N-dealkylation sites (N-methyl/N-ethyl adjacent to an activating group) is 1. The fourth-order valence-corrected chi connectivity index (χ4v) is 2.08. The Morgan fingerprint density at radius 3 is 2.32 bits per heavy atom. The van der Waals surface area contributed by atoms with Crippen molar-refractivity contribution < 1.29 is 9.59 Å². The lowest BCUT2D eigenvalue weighted by molar-refractivity contribution is -0.134. The zero-order valence-electron chi connectivity index (χ0n) is 13.4. The first-order chi connectivity index (χ1) is 9.95. The van der Waals surface area contributed by atoms with Gasteiger partial charge in [0, 0.05) is 20.5 Å². The number of amides is 2. The highest BCUT2D eigenvalue weighted by atomic mass is 35.5. The number of halogens is 1. The SMILES string of the molecule is CCCC(N)C(=O)NC(Cc1ccccc1)C(=O)N(C)C.Cl. The van der Waals surface area contributed by atoms with Crippen LogP contribution in [0.5, 0.6) is 0 Å². The molecular weight excluding hydrogens is 302 g/mol. The maximum Gasteiger partial charge on any atom is 0.244 e. The van der Waals surface area contributed by atoms with Crippen LogP contribution >= 0.6 is 12.4 Å². The topological polar surface area (TPSA) is 75.4 Å². The molecule has 1 aromatic rings. The summed E-state index contributed by atoms with van der Waals surface area (Å²) < 4.78 is 0. The van der Waals surface area contributed by atoms with Gasteiger partial charge in [0.15, 0.2) is 0 Å². The number of carbonyl (C=O) groups is 2. The Bertz CT molecular complexity index is 466. The number of hydrogen-bond donors (Lipinski definition) is 2. The second kappa shape index (κ2) is 10.2. The first-order valence-corrected chi connectivity index (χ1v) is 7.26. The number of carbonyl (C=O) groups excluding carboxylic acids is 2. The first kappa shape index (κ1) is 20.4. The molecule has 22 heavy (non-hydrogen) atoms. The lowest BCUT2D eigenvalue weighted by atomic mass is 10.0. The standard InChI is InChI=1S/C16H25N3O2.ClH/c1-4-8-13(17)15(20)18-14(16(21)19(2)3)11-12-9-6-5-7-10-12;/h5-7,9-10,13-14H,4,8,11,17H2,1-3H3,(H,18,20);1H. The van der Waals surface area contributed by atoms with Gasteiger partial charge in [-0.1, -0.05) is 43.7 Å². The highest BCUT2D eigenvalue weighted by Gasteiger charge is 2.24. The van der Waals surface area contributed by atoms with Gasteiger partial charge in [-0.25, -0.2) is 0 Å². The van der Waals surface area contributed by atoms with Gasteiger partial charge in [-0.3, -0.25) is 9.59 Å². The van der Waals surface area contributed by atoms with Crippen molar-refractivity contribution in [2.24, 2.45) is 5.73 Å². The molecule has 0 heterocycles. The van der Waals surface area contributed by atoms with E-state index in [4.69, 9.17) is 5.73 Å². The molecule has 0 spiro atoms. The monoisotopic (exact) mass is 327 g/mol. The van der Waals surface area contributed by atoms with Crippen molar-refractivity contribution in [3.63, 3.8) is 0 Å². The van der Waals surface area contributed by atoms with E-state index in [9.17, 15) is 9.59 Å². The van der Waals surface area contributed by atoms with Crippen molar-refractivity contribution >= 4 is 24.2 Å². The Hall–Kier alpha value is -1.59. The van der Waals surface area contributed by atoms with Crippen LogP contribution < -0.4 is 11.1 Å². The Morgan fingerprint density at radius 1 is 1.23 bits per heavy atom. The highest BCUT2D eigenvalue weighted by molar-refractivity contribution is 5.89. The molecule has 0 aliphatic heterocycles. The lowest BCUT2D eigenvalue weighted by Gasteiger charge is -2.23. The molecule has 3 N–H and O–H groups in total. The molecule has 0 fully saturated rings. The van der Waals surface area contributed by atoms with Gasteiger partial charge in [0.1, 0.15) is 6.04 Å². The third kappa shape index (κ3) is 6.45. The maximum atomic E-state index is 12.2. The summed E-state index contributed by atoms with van der Waals surface area (Å²) in [6.07, 6.45) is 1.90. The van der Waals surface area contributed by atoms with Crippen molar-refractivity contribution in [3.05, 3.63) is 35.9 Å². The van der Waals surface area contributed by atoms with Gasteiger partial charge in [0.2, 0.25) is 11.8 Å². The van der Waals surface area contributed by atoms with E-state index in [0.717, 1.165) is 12.0 Å². The summed E-state index contributed by atoms with van der Waals surface area (Å²) in [7, 11) is 3.36. The molecule has 0 radical (unpaired) electrons. The summed E-state index contributed by atoms with van der Waals surface area (Å²) >= 11 is 0. The summed E-state index contributed by atoms with van der Waals surface area (Å²) in [6.45, 7) is 1.97. The largest absolute Gasteiger partial charge is 0.347 e. The van der Waals surface area contributed by atoms with E-state index < -0.39 is 12.1 Å². The Kier molecular flexibility index (Phi) is 9.45. The maximum absolute atomic E-state index is 12.2. The van der Waals surface area contributed by atoms with Crippen molar-refractivity contribution in [3.8, 4) is 0 Å². The van der Waals surface area contributed by atoms with Gasteiger partial charge in [0.25, 0.3) is 0 Å². The quantitative estimate of drug-likeness (QED) is 0.793. The molecule has 0 aliphatic rings. The number of rotatable bonds is 7. The fourth-order valence-electron chi connectivity index (χ4n) is 2.08. The molecule has 1 aromatic carbocycles. The molecule has 0 aliphatic carbocycles. The number of nitrogens with one attached hydrogen (secondary N) is 1. The number of hydrogen-bond acceptors (Lipinski definition) is 3. The zero-order valence-corrected chi connectivity index (χ0v) is 14.2. The summed E-state index contributed by atoms with van der Waals surface area (Å²) in [5, 5.41) is 2.78. The average molecular weight is 328 g/mol. The summed E-state index contributed by atoms with van der Waals surface area (Å²) in [5.41, 5.74) is 6.81. The van der Waals surface area contributed by atoms with E-state index in [0.29, 0.717) is 12.8 Å². The van der Waals surface area contributed by atoms with Gasteiger partial charge >= 0.3 is 0 Å². The predicted octanol–water partition coefficient (Wildman–Crippen LogP) is 1.35. The van der Waals surface area contributed by atoms with E-state index in [1.54, 1.807) is 14.1 Å². The molecule has 2 atom stereocenters. The van der Waals surface area contributed by atoms with E-state index in [1.807, 2.05) is 37.3 Å². The summed E-state index contributed by atoms with van der Waals surface area (Å²) in [5.74, 6) is -0.399. The number of nitrogens with zero attached hydrogens (tertiary/aromatic N) is 1. The normalized spacial score (nSPS) is 12.7. The molecule has 0 saturated heterocycles. The molecule has 0 saturated carbocycles. The first-order valence-electron chi connectivity index (χ1n) is 7.26. The third-order valence-electron chi connectivity index (χ3n) is 3.27. The van der Waals surface area contributed by atoms with E-state index in [1.165, 1.54) is 4.90 Å². The smallest absolute Gasteiger partial charge is 0.244 e. The number of nitrogens with two attached hydrogens (primary N) is 1. The molecule has 5 nitrogen and oxygen atoms in total. The molecule has 0 bridgehead atoms. The van der Waals surface area contributed by atoms with E-state index >= 15 is 0 Å². The molecule has 2 unspecified atom stereocenters. The zero-order chi connectivity index (χ0) is 15.8. The van der Waals surface area contributed by atoms with Crippen LogP contribution in [0.1, 0.15) is 25.3 Å². The molecular formula is C16H26ClN3O2. The van der Waals surface area contributed by atoms with Crippen LogP contribution in [-0.4, -0.2) is 42.9 Å². The van der Waals surface area contributed by atoms with Gasteiger partial charge in [-0.15, -0.1) is 12.4 Å². The van der Waals surface area contributed by atoms with Crippen LogP contribution in [0.15, 0.2) is 30.3 Å². The second-order valence-corrected chi connectivity index (χ2v) is 5.38. The molecule has 2 amide bonds. The molecule has 1 rings (SSSR count). The van der Waals surface area contributed by atoms with Crippen LogP contribution in [0.2, 0.25) is 0 Å². The van der Waals surface area contributed by atoms with Gasteiger partial charge in [-0.05, 0) is 12.0 Å². The minimum Gasteiger partial charge on any atom is -0.347 e. The van der Waals surface area contributed by atoms with Crippen molar-refractivity contribution in [1.29, 1.82) is 0 Å². The molecule has 124 valence electrons. The van der Waals surface area contributed by atoms with Crippen LogP contribution in [0.4, 0.5) is 0 Å². The number of benzene rings is 1. The average Bonchev–Trinajstić information content (AvgIpc) is 2.46. The molecule has 6 heteroatoms. The van der Waals surface area contributed by atoms with Gasteiger partial charge in [-0.2, -0.15) is 0 Å². The van der Waals surface area contributed by atoms with Crippen LogP contribution in [-0.2, 0) is 16.0 Å². The van der Waals surface area contributed by atoms with Crippen molar-refractivity contribution in [2.75, 3.05) is 14.1 Å². The minimum atomic E-state index is -0.585. The van der Waals surface area contributed by atoms with Crippen molar-refractivity contribution in [2.45, 2.75) is 38.3 Å². The minimum absolute atomic E-state index is 0. The van der Waals surface area contributed by atoms with E-state index in [2.05, 4.69) is 5.32 Å². The Morgan fingerprint density at radius 2 is 1.82 bits per heavy atom. The van der Waals surface area contributed by atoms with Crippen molar-refractivity contribution in [1.82, 2.24) is 10.2 Å². The van der Waals surface area contributed by atoms with Crippen LogP contribution in [0.25, 0.3) is 0 Å². The fraction of sp³-hybridized carbons (Fsp3) is 0.500. The summed E-state index contributed by atoms with van der Waals surface area (Å²) in [6, 6.07) is 8.47. The van der Waals surface area contributed by atoms with E-state index in [-0.39, 0.29) is 24.2 Å². The second-order valence-electron chi connectivity index (χ2n) is 5.38. The molecule has 0 aromatic heterocycles. The Balaban J connectivity index is 0.00000441. The third-order valence-corrected chi connectivity index (χ3v) is 3.27. The lowest BCUT2D eigenvalue weighted by Crippen LogP contribution is -2.52. The highest BCUT2D eigenvalue weighted by Crippen LogP contribution is 2.06. The van der Waals surface area contributed by atoms with Crippen LogP contribution in [0.3, 0.4) is 0 Å². The van der Waals surface area contributed by atoms with Gasteiger partial charge < -0.3 is 16.0 Å². The Labute approximate surface area is 138 Å².